The summed E-state index contributed by atoms with van der Waals surface area (Å²) in [7, 11) is 3.75. The van der Waals surface area contributed by atoms with Gasteiger partial charge in [-0.15, -0.1) is 0 Å². The van der Waals surface area contributed by atoms with Gasteiger partial charge < -0.3 is 14.8 Å². The van der Waals surface area contributed by atoms with Crippen LogP contribution in [0.2, 0.25) is 0 Å². The SMILES string of the molecule is CNC(C1CCOC1)C(C)(C)OC. The Balaban J connectivity index is 2.59. The fraction of sp³-hybridized carbons (Fsp3) is 1.00. The second kappa shape index (κ2) is 4.40. The van der Waals surface area contributed by atoms with Gasteiger partial charge in [0.2, 0.25) is 0 Å². The molecule has 0 spiro atoms. The molecule has 3 nitrogen and oxygen atoms in total. The third kappa shape index (κ3) is 2.42. The smallest absolute Gasteiger partial charge is 0.0778 e. The molecule has 0 amide bonds. The van der Waals surface area contributed by atoms with Gasteiger partial charge in [0.1, 0.15) is 0 Å². The summed E-state index contributed by atoms with van der Waals surface area (Å²) in [5, 5.41) is 3.33. The Labute approximate surface area is 80.8 Å². The monoisotopic (exact) mass is 187 g/mol. The molecule has 1 fully saturated rings. The van der Waals surface area contributed by atoms with Crippen LogP contribution in [0.5, 0.6) is 0 Å². The lowest BCUT2D eigenvalue weighted by Crippen LogP contribution is -2.51. The van der Waals surface area contributed by atoms with Crippen LogP contribution in [0.1, 0.15) is 20.3 Å². The summed E-state index contributed by atoms with van der Waals surface area (Å²) in [6, 6.07) is 0.375. The molecular weight excluding hydrogens is 166 g/mol. The van der Waals surface area contributed by atoms with E-state index in [9.17, 15) is 0 Å². The van der Waals surface area contributed by atoms with Crippen molar-refractivity contribution >= 4 is 0 Å². The second-order valence-electron chi connectivity index (χ2n) is 4.20. The summed E-state index contributed by atoms with van der Waals surface area (Å²) in [4.78, 5) is 0. The average Bonchev–Trinajstić information content (AvgIpc) is 2.58. The van der Waals surface area contributed by atoms with Gasteiger partial charge in [-0.2, -0.15) is 0 Å². The summed E-state index contributed by atoms with van der Waals surface area (Å²) in [6.07, 6.45) is 1.14. The molecule has 3 heteroatoms. The molecule has 1 saturated heterocycles. The van der Waals surface area contributed by atoms with Crippen LogP contribution in [0.25, 0.3) is 0 Å². The van der Waals surface area contributed by atoms with Crippen molar-refractivity contribution in [1.82, 2.24) is 5.32 Å². The predicted octanol–water partition coefficient (Wildman–Crippen LogP) is 1.04. The van der Waals surface area contributed by atoms with E-state index >= 15 is 0 Å². The minimum absolute atomic E-state index is 0.118. The zero-order valence-corrected chi connectivity index (χ0v) is 9.09. The Morgan fingerprint density at radius 2 is 2.23 bits per heavy atom. The van der Waals surface area contributed by atoms with Crippen LogP contribution < -0.4 is 5.32 Å². The molecule has 2 unspecified atom stereocenters. The molecule has 0 radical (unpaired) electrons. The van der Waals surface area contributed by atoms with E-state index in [1.54, 1.807) is 7.11 Å². The first-order chi connectivity index (χ1) is 6.11. The van der Waals surface area contributed by atoms with Gasteiger partial charge in [0, 0.05) is 25.7 Å². The number of hydrogen-bond donors (Lipinski definition) is 1. The molecule has 0 bridgehead atoms. The van der Waals surface area contributed by atoms with Crippen molar-refractivity contribution in [1.29, 1.82) is 0 Å². The standard InChI is InChI=1S/C10H21NO2/c1-10(2,12-4)9(11-3)8-5-6-13-7-8/h8-9,11H,5-7H2,1-4H3. The van der Waals surface area contributed by atoms with Gasteiger partial charge in [-0.05, 0) is 27.3 Å². The summed E-state index contributed by atoms with van der Waals surface area (Å²) in [5.41, 5.74) is -0.118. The maximum atomic E-state index is 5.49. The molecule has 78 valence electrons. The highest BCUT2D eigenvalue weighted by Gasteiger charge is 2.36. The third-order valence-electron chi connectivity index (χ3n) is 3.02. The van der Waals surface area contributed by atoms with Crippen molar-refractivity contribution in [2.24, 2.45) is 5.92 Å². The van der Waals surface area contributed by atoms with Crippen LogP contribution in [-0.4, -0.2) is 39.0 Å². The first kappa shape index (κ1) is 11.0. The van der Waals surface area contributed by atoms with Crippen LogP contribution in [-0.2, 0) is 9.47 Å². The van der Waals surface area contributed by atoms with Crippen molar-refractivity contribution in [2.75, 3.05) is 27.4 Å². The van der Waals surface area contributed by atoms with E-state index in [2.05, 4.69) is 19.2 Å². The quantitative estimate of drug-likeness (QED) is 0.713. The molecular formula is C10H21NO2. The fourth-order valence-corrected chi connectivity index (χ4v) is 2.09. The van der Waals surface area contributed by atoms with Crippen LogP contribution >= 0.6 is 0 Å². The highest BCUT2D eigenvalue weighted by Crippen LogP contribution is 2.26. The predicted molar refractivity (Wildman–Crippen MR) is 52.9 cm³/mol. The molecule has 0 aromatic carbocycles. The first-order valence-electron chi connectivity index (χ1n) is 4.92. The zero-order valence-electron chi connectivity index (χ0n) is 9.09. The molecule has 0 aliphatic carbocycles. The third-order valence-corrected chi connectivity index (χ3v) is 3.02. The van der Waals surface area contributed by atoms with Crippen molar-refractivity contribution in [2.45, 2.75) is 31.9 Å². The molecule has 1 aliphatic rings. The Morgan fingerprint density at radius 1 is 1.54 bits per heavy atom. The number of methoxy groups -OCH3 is 1. The number of likely N-dealkylation sites (N-methyl/N-ethyl adjacent to an activating group) is 1. The van der Waals surface area contributed by atoms with Gasteiger partial charge in [-0.25, -0.2) is 0 Å². The van der Waals surface area contributed by atoms with E-state index in [0.717, 1.165) is 19.6 Å². The normalized spacial score (nSPS) is 26.3. The number of ether oxygens (including phenoxy) is 2. The topological polar surface area (TPSA) is 30.5 Å². The minimum Gasteiger partial charge on any atom is -0.381 e. The van der Waals surface area contributed by atoms with Crippen LogP contribution in [0.4, 0.5) is 0 Å². The lowest BCUT2D eigenvalue weighted by molar-refractivity contribution is -0.0266. The van der Waals surface area contributed by atoms with Crippen LogP contribution in [0.3, 0.4) is 0 Å². The van der Waals surface area contributed by atoms with Crippen LogP contribution in [0, 0.1) is 5.92 Å². The molecule has 2 atom stereocenters. The highest BCUT2D eigenvalue weighted by atomic mass is 16.5. The lowest BCUT2D eigenvalue weighted by Gasteiger charge is -2.36. The molecule has 1 aliphatic heterocycles. The molecule has 0 saturated carbocycles. The Bertz CT molecular complexity index is 153. The van der Waals surface area contributed by atoms with Gasteiger partial charge in [-0.3, -0.25) is 0 Å². The van der Waals surface area contributed by atoms with Gasteiger partial charge in [0.15, 0.2) is 0 Å². The Morgan fingerprint density at radius 3 is 2.62 bits per heavy atom. The average molecular weight is 187 g/mol. The fourth-order valence-electron chi connectivity index (χ4n) is 2.09. The van der Waals surface area contributed by atoms with Gasteiger partial charge >= 0.3 is 0 Å². The molecule has 13 heavy (non-hydrogen) atoms. The highest BCUT2D eigenvalue weighted by molar-refractivity contribution is 4.91. The van der Waals surface area contributed by atoms with Crippen LogP contribution in [0.15, 0.2) is 0 Å². The molecule has 1 heterocycles. The van der Waals surface area contributed by atoms with Gasteiger partial charge in [-0.1, -0.05) is 0 Å². The van der Waals surface area contributed by atoms with Crippen molar-refractivity contribution in [3.8, 4) is 0 Å². The number of hydrogen-bond acceptors (Lipinski definition) is 3. The van der Waals surface area contributed by atoms with Crippen molar-refractivity contribution in [3.63, 3.8) is 0 Å². The lowest BCUT2D eigenvalue weighted by atomic mass is 9.86. The minimum atomic E-state index is -0.118. The largest absolute Gasteiger partial charge is 0.381 e. The Hall–Kier alpha value is -0.120. The summed E-state index contributed by atoms with van der Waals surface area (Å²) in [6.45, 7) is 5.99. The zero-order chi connectivity index (χ0) is 9.90. The van der Waals surface area contributed by atoms with E-state index in [1.807, 2.05) is 7.05 Å². The molecule has 1 rings (SSSR count). The van der Waals surface area contributed by atoms with E-state index in [0.29, 0.717) is 12.0 Å². The van der Waals surface area contributed by atoms with E-state index in [1.165, 1.54) is 0 Å². The van der Waals surface area contributed by atoms with Gasteiger partial charge in [0.05, 0.1) is 12.2 Å². The first-order valence-corrected chi connectivity index (χ1v) is 4.92. The van der Waals surface area contributed by atoms with E-state index < -0.39 is 0 Å². The maximum Gasteiger partial charge on any atom is 0.0778 e. The van der Waals surface area contributed by atoms with Crippen molar-refractivity contribution in [3.05, 3.63) is 0 Å². The van der Waals surface area contributed by atoms with Crippen molar-refractivity contribution < 1.29 is 9.47 Å². The summed E-state index contributed by atoms with van der Waals surface area (Å²) in [5.74, 6) is 0.583. The number of rotatable bonds is 4. The second-order valence-corrected chi connectivity index (χ2v) is 4.20. The molecule has 0 aromatic rings. The summed E-state index contributed by atoms with van der Waals surface area (Å²) >= 11 is 0. The molecule has 1 N–H and O–H groups in total. The van der Waals surface area contributed by atoms with E-state index in [-0.39, 0.29) is 5.60 Å². The molecule has 0 aromatic heterocycles. The number of nitrogens with one attached hydrogen (secondary N) is 1. The van der Waals surface area contributed by atoms with E-state index in [4.69, 9.17) is 9.47 Å². The maximum absolute atomic E-state index is 5.49. The van der Waals surface area contributed by atoms with Gasteiger partial charge in [0.25, 0.3) is 0 Å². The Kier molecular flexibility index (Phi) is 3.71. The summed E-state index contributed by atoms with van der Waals surface area (Å²) < 4.78 is 10.9.